The largest absolute Gasteiger partial charge is 0.456 e. The molecule has 0 aliphatic rings. The summed E-state index contributed by atoms with van der Waals surface area (Å²) in [5.74, 6) is 0. The van der Waals surface area contributed by atoms with Crippen LogP contribution < -0.4 is 4.90 Å². The highest BCUT2D eigenvalue weighted by Crippen LogP contribution is 2.44. The summed E-state index contributed by atoms with van der Waals surface area (Å²) in [5, 5.41) is 7.01. The summed E-state index contributed by atoms with van der Waals surface area (Å²) in [4.78, 5) is 2.39. The molecule has 0 aliphatic heterocycles. The Morgan fingerprint density at radius 1 is 0.388 bits per heavy atom. The molecule has 2 heterocycles. The Hall–Kier alpha value is -6.58. The van der Waals surface area contributed by atoms with E-state index in [1.165, 1.54) is 38.3 Å². The Labute approximate surface area is 283 Å². The summed E-state index contributed by atoms with van der Waals surface area (Å²) in [6.45, 7) is 0. The highest BCUT2D eigenvalue weighted by molar-refractivity contribution is 6.14. The van der Waals surface area contributed by atoms with Crippen molar-refractivity contribution in [2.45, 2.75) is 0 Å². The molecule has 0 saturated carbocycles. The molecule has 3 nitrogen and oxygen atoms in total. The van der Waals surface area contributed by atoms with E-state index in [9.17, 15) is 0 Å². The van der Waals surface area contributed by atoms with Crippen molar-refractivity contribution in [3.63, 3.8) is 0 Å². The fraction of sp³-hybridized carbons (Fsp3) is 0. The lowest BCUT2D eigenvalue weighted by Crippen LogP contribution is -2.10. The molecule has 0 saturated heterocycles. The molecule has 8 aromatic carbocycles. The van der Waals surface area contributed by atoms with Crippen LogP contribution in [0.4, 0.5) is 17.1 Å². The van der Waals surface area contributed by atoms with Gasteiger partial charge in [0.1, 0.15) is 11.2 Å². The number of fused-ring (bicyclic) bond motifs is 7. The van der Waals surface area contributed by atoms with Crippen LogP contribution >= 0.6 is 0 Å². The monoisotopic (exact) mass is 626 g/mol. The van der Waals surface area contributed by atoms with Gasteiger partial charge >= 0.3 is 0 Å². The lowest BCUT2D eigenvalue weighted by molar-refractivity contribution is 0.669. The Morgan fingerprint density at radius 2 is 1.06 bits per heavy atom. The first-order valence-corrected chi connectivity index (χ1v) is 16.7. The van der Waals surface area contributed by atoms with Crippen LogP contribution in [0.15, 0.2) is 186 Å². The van der Waals surface area contributed by atoms with Crippen molar-refractivity contribution in [3.8, 4) is 16.8 Å². The van der Waals surface area contributed by atoms with Gasteiger partial charge in [0.15, 0.2) is 0 Å². The number of hydrogen-bond donors (Lipinski definition) is 0. The second kappa shape index (κ2) is 11.0. The van der Waals surface area contributed by atoms with Crippen molar-refractivity contribution in [2.75, 3.05) is 4.90 Å². The van der Waals surface area contributed by atoms with E-state index >= 15 is 0 Å². The third kappa shape index (κ3) is 4.44. The minimum Gasteiger partial charge on any atom is -0.456 e. The molecular formula is C46H30N2O. The number of para-hydroxylation sites is 3. The molecule has 0 spiro atoms. The highest BCUT2D eigenvalue weighted by Gasteiger charge is 2.20. The van der Waals surface area contributed by atoms with Gasteiger partial charge in [-0.1, -0.05) is 109 Å². The lowest BCUT2D eigenvalue weighted by Gasteiger charge is -2.27. The van der Waals surface area contributed by atoms with Gasteiger partial charge in [-0.25, -0.2) is 0 Å². The first-order chi connectivity index (χ1) is 24.3. The molecule has 10 rings (SSSR count). The SMILES string of the molecule is c1ccc(-c2ccc(N(c3ccc4c(c3)c3ccccc3n4-c3ccccc3)c3cccc4cc5c(cc34)oc3ccccc35)cc2)cc1. The Balaban J connectivity index is 1.22. The second-order valence-corrected chi connectivity index (χ2v) is 12.6. The first kappa shape index (κ1) is 27.5. The number of nitrogens with zero attached hydrogens (tertiary/aromatic N) is 2. The van der Waals surface area contributed by atoms with Crippen LogP contribution in [0.1, 0.15) is 0 Å². The predicted molar refractivity (Wildman–Crippen MR) is 206 cm³/mol. The van der Waals surface area contributed by atoms with E-state index in [1.807, 2.05) is 12.1 Å². The molecule has 0 amide bonds. The third-order valence-corrected chi connectivity index (χ3v) is 9.76. The van der Waals surface area contributed by atoms with Crippen molar-refractivity contribution < 1.29 is 4.42 Å². The zero-order valence-electron chi connectivity index (χ0n) is 26.6. The van der Waals surface area contributed by atoms with Gasteiger partial charge in [-0.05, 0) is 89.3 Å². The van der Waals surface area contributed by atoms with Crippen molar-refractivity contribution in [2.24, 2.45) is 0 Å². The molecule has 10 aromatic rings. The van der Waals surface area contributed by atoms with E-state index in [-0.39, 0.29) is 0 Å². The minimum atomic E-state index is 0.891. The van der Waals surface area contributed by atoms with Crippen LogP contribution in [-0.2, 0) is 0 Å². The maximum Gasteiger partial charge on any atom is 0.136 e. The summed E-state index contributed by atoms with van der Waals surface area (Å²) in [5.41, 5.74) is 11.0. The molecule has 3 heteroatoms. The first-order valence-electron chi connectivity index (χ1n) is 16.7. The molecule has 230 valence electrons. The van der Waals surface area contributed by atoms with Crippen molar-refractivity contribution in [3.05, 3.63) is 182 Å². The summed E-state index contributed by atoms with van der Waals surface area (Å²) < 4.78 is 8.77. The van der Waals surface area contributed by atoms with Gasteiger partial charge in [0.05, 0.1) is 16.7 Å². The van der Waals surface area contributed by atoms with Gasteiger partial charge in [0.25, 0.3) is 0 Å². The molecule has 0 fully saturated rings. The number of rotatable bonds is 5. The van der Waals surface area contributed by atoms with Crippen molar-refractivity contribution >= 4 is 71.6 Å². The Morgan fingerprint density at radius 3 is 1.90 bits per heavy atom. The average Bonchev–Trinajstić information content (AvgIpc) is 3.70. The maximum absolute atomic E-state index is 6.40. The van der Waals surface area contributed by atoms with E-state index in [2.05, 4.69) is 179 Å². The number of furan rings is 1. The molecule has 0 N–H and O–H groups in total. The topological polar surface area (TPSA) is 21.3 Å². The predicted octanol–water partition coefficient (Wildman–Crippen LogP) is 13.0. The summed E-state index contributed by atoms with van der Waals surface area (Å²) in [6, 6.07) is 65.0. The fourth-order valence-electron chi connectivity index (χ4n) is 7.49. The number of aromatic nitrogens is 1. The van der Waals surface area contributed by atoms with E-state index in [1.54, 1.807) is 0 Å². The summed E-state index contributed by atoms with van der Waals surface area (Å²) >= 11 is 0. The van der Waals surface area contributed by atoms with Gasteiger partial charge < -0.3 is 13.9 Å². The summed E-state index contributed by atoms with van der Waals surface area (Å²) in [6.07, 6.45) is 0. The Kier molecular flexibility index (Phi) is 6.18. The molecular weight excluding hydrogens is 597 g/mol. The summed E-state index contributed by atoms with van der Waals surface area (Å²) in [7, 11) is 0. The van der Waals surface area contributed by atoms with Crippen molar-refractivity contribution in [1.29, 1.82) is 0 Å². The third-order valence-electron chi connectivity index (χ3n) is 9.76. The van der Waals surface area contributed by atoms with Gasteiger partial charge in [0.2, 0.25) is 0 Å². The molecule has 0 radical (unpaired) electrons. The fourth-order valence-corrected chi connectivity index (χ4v) is 7.49. The molecule has 0 unspecified atom stereocenters. The van der Waals surface area contributed by atoms with Crippen LogP contribution in [0.3, 0.4) is 0 Å². The highest BCUT2D eigenvalue weighted by atomic mass is 16.3. The van der Waals surface area contributed by atoms with Gasteiger partial charge in [-0.3, -0.25) is 0 Å². The van der Waals surface area contributed by atoms with Gasteiger partial charge in [-0.15, -0.1) is 0 Å². The lowest BCUT2D eigenvalue weighted by atomic mass is 10.0. The van der Waals surface area contributed by atoms with Crippen LogP contribution in [0.2, 0.25) is 0 Å². The zero-order chi connectivity index (χ0) is 32.3. The average molecular weight is 627 g/mol. The molecule has 0 bridgehead atoms. The smallest absolute Gasteiger partial charge is 0.136 e. The van der Waals surface area contributed by atoms with E-state index < -0.39 is 0 Å². The van der Waals surface area contributed by atoms with Gasteiger partial charge in [-0.2, -0.15) is 0 Å². The van der Waals surface area contributed by atoms with E-state index in [4.69, 9.17) is 4.42 Å². The number of hydrogen-bond acceptors (Lipinski definition) is 2. The molecule has 49 heavy (non-hydrogen) atoms. The molecule has 2 aromatic heterocycles. The minimum absolute atomic E-state index is 0.891. The zero-order valence-corrected chi connectivity index (χ0v) is 26.6. The standard InChI is InChI=1S/C46H30N2O/c1-3-12-31(13-4-1)32-22-24-35(25-23-32)47(43-20-11-14-33-28-41-38-18-8-10-21-45(38)49-46(41)30-39(33)43)36-26-27-44-40(29-36)37-17-7-9-19-42(37)48(44)34-15-5-2-6-16-34/h1-30H. The van der Waals surface area contributed by atoms with E-state index in [0.29, 0.717) is 0 Å². The normalized spacial score (nSPS) is 11.7. The van der Waals surface area contributed by atoms with Crippen LogP contribution in [0.25, 0.3) is 71.3 Å². The van der Waals surface area contributed by atoms with Crippen LogP contribution in [0, 0.1) is 0 Å². The molecule has 0 aliphatic carbocycles. The van der Waals surface area contributed by atoms with Gasteiger partial charge in [0, 0.05) is 44.0 Å². The van der Waals surface area contributed by atoms with Crippen LogP contribution in [0.5, 0.6) is 0 Å². The number of anilines is 3. The van der Waals surface area contributed by atoms with Crippen LogP contribution in [-0.4, -0.2) is 4.57 Å². The number of benzene rings is 8. The Bertz CT molecular complexity index is 2810. The van der Waals surface area contributed by atoms with E-state index in [0.717, 1.165) is 50.1 Å². The second-order valence-electron chi connectivity index (χ2n) is 12.6. The maximum atomic E-state index is 6.40. The quantitative estimate of drug-likeness (QED) is 0.190. The van der Waals surface area contributed by atoms with Crippen molar-refractivity contribution in [1.82, 2.24) is 4.57 Å². The molecule has 0 atom stereocenters.